The van der Waals surface area contributed by atoms with Crippen LogP contribution in [0.5, 0.6) is 0 Å². The van der Waals surface area contributed by atoms with E-state index in [0.29, 0.717) is 11.5 Å². The highest BCUT2D eigenvalue weighted by Gasteiger charge is 2.06. The van der Waals surface area contributed by atoms with Gasteiger partial charge in [0, 0.05) is 34.3 Å². The number of hydrogen-bond donors (Lipinski definition) is 0. The molecule has 21 heavy (non-hydrogen) atoms. The first-order chi connectivity index (χ1) is 10.2. The Labute approximate surface area is 129 Å². The first-order valence-electron chi connectivity index (χ1n) is 6.55. The Bertz CT molecular complexity index is 733. The molecule has 0 fully saturated rings. The van der Waals surface area contributed by atoms with Gasteiger partial charge in [0.15, 0.2) is 0 Å². The lowest BCUT2D eigenvalue weighted by Crippen LogP contribution is -2.00. The van der Waals surface area contributed by atoms with Gasteiger partial charge in [-0.25, -0.2) is 9.67 Å². The average Bonchev–Trinajstić information content (AvgIpc) is 3.11. The zero-order valence-electron chi connectivity index (χ0n) is 11.6. The van der Waals surface area contributed by atoms with E-state index in [1.165, 1.54) is 0 Å². The summed E-state index contributed by atoms with van der Waals surface area (Å²) >= 11 is 1.60. The van der Waals surface area contributed by atoms with Crippen molar-refractivity contribution in [1.82, 2.24) is 14.8 Å². The second-order valence-corrected chi connectivity index (χ2v) is 7.22. The topological polar surface area (TPSA) is 47.8 Å². The van der Waals surface area contributed by atoms with E-state index in [-0.39, 0.29) is 0 Å². The van der Waals surface area contributed by atoms with Crippen LogP contribution in [0.1, 0.15) is 16.3 Å². The average molecular weight is 317 g/mol. The molecule has 1 atom stereocenters. The molecule has 1 aromatic carbocycles. The standard InChI is InChI=1S/C15H15N3OS2/c1-12-17-14(9-20-12)11-21(19)10-13-3-5-15(6-4-13)18-8-2-7-16-18/h2-9H,10-11H2,1H3/t21-/m1/s1. The molecule has 0 amide bonds. The van der Waals surface area contributed by atoms with E-state index in [1.807, 2.05) is 48.8 Å². The molecule has 0 aliphatic heterocycles. The van der Waals surface area contributed by atoms with Crippen molar-refractivity contribution >= 4 is 22.1 Å². The Morgan fingerprint density at radius 3 is 2.67 bits per heavy atom. The highest BCUT2D eigenvalue weighted by molar-refractivity contribution is 7.83. The smallest absolute Gasteiger partial charge is 0.0897 e. The lowest BCUT2D eigenvalue weighted by atomic mass is 10.2. The number of aromatic nitrogens is 3. The minimum absolute atomic E-state index is 0.519. The first kappa shape index (κ1) is 14.2. The Morgan fingerprint density at radius 2 is 2.05 bits per heavy atom. The van der Waals surface area contributed by atoms with Crippen LogP contribution in [0.4, 0.5) is 0 Å². The van der Waals surface area contributed by atoms with E-state index < -0.39 is 10.8 Å². The molecule has 2 heterocycles. The van der Waals surface area contributed by atoms with E-state index in [0.717, 1.165) is 22.0 Å². The van der Waals surface area contributed by atoms with Gasteiger partial charge in [-0.2, -0.15) is 5.10 Å². The second-order valence-electron chi connectivity index (χ2n) is 4.70. The fraction of sp³-hybridized carbons (Fsp3) is 0.200. The van der Waals surface area contributed by atoms with Gasteiger partial charge in [0.2, 0.25) is 0 Å². The maximum Gasteiger partial charge on any atom is 0.0897 e. The molecule has 0 unspecified atom stereocenters. The molecule has 0 bridgehead atoms. The molecular weight excluding hydrogens is 302 g/mol. The van der Waals surface area contributed by atoms with E-state index in [1.54, 1.807) is 22.2 Å². The molecule has 0 aliphatic rings. The lowest BCUT2D eigenvalue weighted by Gasteiger charge is -2.04. The number of benzene rings is 1. The SMILES string of the molecule is Cc1nc(C[S@](=O)Cc2ccc(-n3cccn3)cc2)cs1. The zero-order valence-corrected chi connectivity index (χ0v) is 13.2. The van der Waals surface area contributed by atoms with Crippen LogP contribution in [0.2, 0.25) is 0 Å². The van der Waals surface area contributed by atoms with Crippen molar-refractivity contribution in [2.45, 2.75) is 18.4 Å². The van der Waals surface area contributed by atoms with Crippen LogP contribution in [-0.2, 0) is 22.3 Å². The molecule has 0 radical (unpaired) electrons. The molecule has 0 saturated heterocycles. The molecular formula is C15H15N3OS2. The fourth-order valence-corrected chi connectivity index (χ4v) is 3.91. The molecule has 3 aromatic rings. The summed E-state index contributed by atoms with van der Waals surface area (Å²) < 4.78 is 14.0. The van der Waals surface area contributed by atoms with Crippen molar-refractivity contribution in [3.8, 4) is 5.69 Å². The highest BCUT2D eigenvalue weighted by Crippen LogP contribution is 2.14. The Morgan fingerprint density at radius 1 is 1.24 bits per heavy atom. The lowest BCUT2D eigenvalue weighted by molar-refractivity contribution is 0.681. The van der Waals surface area contributed by atoms with Crippen LogP contribution in [0, 0.1) is 6.92 Å². The third-order valence-electron chi connectivity index (χ3n) is 3.01. The maximum atomic E-state index is 12.2. The van der Waals surface area contributed by atoms with Crippen LogP contribution in [0.15, 0.2) is 48.1 Å². The van der Waals surface area contributed by atoms with Gasteiger partial charge in [0.1, 0.15) is 0 Å². The van der Waals surface area contributed by atoms with Gasteiger partial charge in [0.05, 0.1) is 22.1 Å². The van der Waals surface area contributed by atoms with Crippen LogP contribution < -0.4 is 0 Å². The molecule has 3 rings (SSSR count). The quantitative estimate of drug-likeness (QED) is 0.726. The van der Waals surface area contributed by atoms with Crippen LogP contribution in [0.25, 0.3) is 5.69 Å². The van der Waals surface area contributed by atoms with Crippen LogP contribution in [-0.4, -0.2) is 19.0 Å². The molecule has 0 N–H and O–H groups in total. The van der Waals surface area contributed by atoms with E-state index in [4.69, 9.17) is 0 Å². The number of nitrogens with zero attached hydrogens (tertiary/aromatic N) is 3. The molecule has 0 saturated carbocycles. The van der Waals surface area contributed by atoms with E-state index >= 15 is 0 Å². The summed E-state index contributed by atoms with van der Waals surface area (Å²) in [5.41, 5.74) is 2.99. The molecule has 2 aromatic heterocycles. The van der Waals surface area contributed by atoms with Gasteiger partial charge in [0.25, 0.3) is 0 Å². The minimum Gasteiger partial charge on any atom is -0.259 e. The number of rotatable bonds is 5. The monoisotopic (exact) mass is 317 g/mol. The van der Waals surface area contributed by atoms with Crippen molar-refractivity contribution in [1.29, 1.82) is 0 Å². The molecule has 4 nitrogen and oxygen atoms in total. The predicted octanol–water partition coefficient (Wildman–Crippen LogP) is 3.09. The van der Waals surface area contributed by atoms with E-state index in [9.17, 15) is 4.21 Å². The van der Waals surface area contributed by atoms with Gasteiger partial charge in [-0.3, -0.25) is 4.21 Å². The Balaban J connectivity index is 1.63. The molecule has 108 valence electrons. The maximum absolute atomic E-state index is 12.2. The Kier molecular flexibility index (Phi) is 4.26. The summed E-state index contributed by atoms with van der Waals surface area (Å²) in [4.78, 5) is 4.35. The van der Waals surface area contributed by atoms with Gasteiger partial charge >= 0.3 is 0 Å². The normalized spacial score (nSPS) is 12.4. The highest BCUT2D eigenvalue weighted by atomic mass is 32.2. The summed E-state index contributed by atoms with van der Waals surface area (Å²) in [7, 11) is -0.930. The summed E-state index contributed by atoms with van der Waals surface area (Å²) in [6, 6.07) is 9.88. The van der Waals surface area contributed by atoms with Crippen molar-refractivity contribution in [2.24, 2.45) is 0 Å². The van der Waals surface area contributed by atoms with E-state index in [2.05, 4.69) is 10.1 Å². The summed E-state index contributed by atoms with van der Waals surface area (Å²) in [5, 5.41) is 7.18. The minimum atomic E-state index is -0.930. The van der Waals surface area contributed by atoms with Gasteiger partial charge < -0.3 is 0 Å². The van der Waals surface area contributed by atoms with Crippen molar-refractivity contribution in [2.75, 3.05) is 0 Å². The van der Waals surface area contributed by atoms with Crippen LogP contribution >= 0.6 is 11.3 Å². The number of thiazole rings is 1. The van der Waals surface area contributed by atoms with Gasteiger partial charge in [-0.05, 0) is 30.7 Å². The van der Waals surface area contributed by atoms with Gasteiger partial charge in [-0.15, -0.1) is 11.3 Å². The van der Waals surface area contributed by atoms with Crippen LogP contribution in [0.3, 0.4) is 0 Å². The summed E-state index contributed by atoms with van der Waals surface area (Å²) in [5.74, 6) is 1.07. The largest absolute Gasteiger partial charge is 0.259 e. The third kappa shape index (κ3) is 3.65. The van der Waals surface area contributed by atoms with Gasteiger partial charge in [-0.1, -0.05) is 12.1 Å². The summed E-state index contributed by atoms with van der Waals surface area (Å²) in [6.45, 7) is 1.96. The number of hydrogen-bond acceptors (Lipinski definition) is 4. The third-order valence-corrected chi connectivity index (χ3v) is 5.10. The zero-order chi connectivity index (χ0) is 14.7. The Hall–Kier alpha value is -1.79. The molecule has 0 spiro atoms. The van der Waals surface area contributed by atoms with Crippen molar-refractivity contribution in [3.63, 3.8) is 0 Å². The number of aryl methyl sites for hydroxylation is 1. The molecule has 6 heteroatoms. The second kappa shape index (κ2) is 6.32. The summed E-state index contributed by atoms with van der Waals surface area (Å²) in [6.07, 6.45) is 3.65. The predicted molar refractivity (Wildman–Crippen MR) is 86.0 cm³/mol. The molecule has 0 aliphatic carbocycles. The van der Waals surface area contributed by atoms with Crippen molar-refractivity contribution in [3.05, 3.63) is 64.4 Å². The first-order valence-corrected chi connectivity index (χ1v) is 8.92. The van der Waals surface area contributed by atoms with Crippen molar-refractivity contribution < 1.29 is 4.21 Å². The fourth-order valence-electron chi connectivity index (χ4n) is 2.04.